The predicted octanol–water partition coefficient (Wildman–Crippen LogP) is 8.11. The average molecular weight is 726 g/mol. The molecule has 4 unspecified atom stereocenters. The Morgan fingerprint density at radius 1 is 0.692 bits per heavy atom. The summed E-state index contributed by atoms with van der Waals surface area (Å²) in [6, 6.07) is 39.9. The summed E-state index contributed by atoms with van der Waals surface area (Å²) in [6.45, 7) is 0.962. The van der Waals surface area contributed by atoms with Crippen LogP contribution in [0.25, 0.3) is 0 Å². The van der Waals surface area contributed by atoms with Crippen molar-refractivity contribution in [2.75, 3.05) is 6.61 Å². The molecular weight excluding hydrogens is 688 g/mol. The van der Waals surface area contributed by atoms with E-state index < -0.39 is 47.2 Å². The first-order valence-electron chi connectivity index (χ1n) is 16.7. The van der Waals surface area contributed by atoms with Gasteiger partial charge in [0.1, 0.15) is 35.5 Å². The van der Waals surface area contributed by atoms with Gasteiger partial charge in [0, 0.05) is 16.7 Å². The second kappa shape index (κ2) is 18.6. The minimum atomic E-state index is -1.59. The minimum Gasteiger partial charge on any atom is -0.374 e. The molecule has 268 valence electrons. The second-order valence-corrected chi connectivity index (χ2v) is 13.2. The van der Waals surface area contributed by atoms with Gasteiger partial charge in [0.25, 0.3) is 0 Å². The fourth-order valence-corrected chi connectivity index (χ4v) is 6.91. The van der Waals surface area contributed by atoms with E-state index in [1.165, 1.54) is 18.0 Å². The third kappa shape index (κ3) is 9.96. The zero-order valence-electron chi connectivity index (χ0n) is 28.1. The fraction of sp³-hybridized carbons (Fsp3) is 0.220. The Labute approximate surface area is 305 Å². The number of nitrogens with two attached hydrogens (primary N) is 1. The van der Waals surface area contributed by atoms with Crippen molar-refractivity contribution in [2.24, 2.45) is 15.9 Å². The lowest BCUT2D eigenvalue weighted by molar-refractivity contribution is -0.200. The zero-order chi connectivity index (χ0) is 36.1. The molecule has 1 saturated heterocycles. The molecule has 52 heavy (non-hydrogen) atoms. The Kier molecular flexibility index (Phi) is 13.3. The number of halogens is 3. The van der Waals surface area contributed by atoms with Crippen molar-refractivity contribution in [3.63, 3.8) is 0 Å². The molecule has 5 atom stereocenters. The summed E-state index contributed by atoms with van der Waals surface area (Å²) >= 11 is 1.48. The number of thioether (sulfide) groups is 1. The molecule has 1 aliphatic rings. The lowest BCUT2D eigenvalue weighted by atomic mass is 9.96. The van der Waals surface area contributed by atoms with Gasteiger partial charge in [0.05, 0.1) is 26.4 Å². The normalized spacial score (nSPS) is 20.7. The van der Waals surface area contributed by atoms with Crippen molar-refractivity contribution in [1.29, 1.82) is 0 Å². The van der Waals surface area contributed by atoms with Gasteiger partial charge in [-0.25, -0.2) is 13.2 Å². The van der Waals surface area contributed by atoms with Crippen molar-refractivity contribution >= 4 is 23.7 Å². The molecule has 2 N–H and O–H groups in total. The van der Waals surface area contributed by atoms with Crippen LogP contribution in [0.3, 0.4) is 0 Å². The molecule has 0 aromatic heterocycles. The summed E-state index contributed by atoms with van der Waals surface area (Å²) in [7, 11) is 0. The van der Waals surface area contributed by atoms with Crippen LogP contribution in [0.1, 0.15) is 22.3 Å². The number of hydrogen-bond donors (Lipinski definition) is 1. The van der Waals surface area contributed by atoms with E-state index in [4.69, 9.17) is 29.8 Å². The van der Waals surface area contributed by atoms with Crippen LogP contribution in [-0.2, 0) is 38.8 Å². The molecule has 6 rings (SSSR count). The molecule has 0 radical (unpaired) electrons. The summed E-state index contributed by atoms with van der Waals surface area (Å²) in [4.78, 5) is 5.88. The number of aliphatic imine (C=N–C) groups is 1. The van der Waals surface area contributed by atoms with Crippen molar-refractivity contribution in [1.82, 2.24) is 0 Å². The van der Waals surface area contributed by atoms with Crippen LogP contribution in [0, 0.1) is 17.5 Å². The van der Waals surface area contributed by atoms with Gasteiger partial charge < -0.3 is 24.8 Å². The zero-order valence-corrected chi connectivity index (χ0v) is 29.0. The van der Waals surface area contributed by atoms with Crippen LogP contribution in [0.2, 0.25) is 0 Å². The minimum absolute atomic E-state index is 0.0722. The molecule has 5 aromatic rings. The second-order valence-electron chi connectivity index (χ2n) is 12.0. The molecule has 0 saturated carbocycles. The molecule has 0 aliphatic carbocycles. The molecular formula is C41H38F3N3O4S. The quantitative estimate of drug-likeness (QED) is 0.0508. The third-order valence-electron chi connectivity index (χ3n) is 8.36. The van der Waals surface area contributed by atoms with Crippen molar-refractivity contribution < 1.29 is 32.1 Å². The van der Waals surface area contributed by atoms with Gasteiger partial charge >= 0.3 is 0 Å². The molecule has 1 aliphatic heterocycles. The Bertz CT molecular complexity index is 1880. The Morgan fingerprint density at radius 3 is 1.73 bits per heavy atom. The smallest absolute Gasteiger partial charge is 0.194 e. The molecule has 1 fully saturated rings. The molecule has 0 amide bonds. The molecule has 1 heterocycles. The monoisotopic (exact) mass is 725 g/mol. The highest BCUT2D eigenvalue weighted by molar-refractivity contribution is 7.99. The van der Waals surface area contributed by atoms with E-state index in [0.717, 1.165) is 33.7 Å². The van der Waals surface area contributed by atoms with Gasteiger partial charge in [-0.1, -0.05) is 121 Å². The lowest BCUT2D eigenvalue weighted by Gasteiger charge is -2.44. The third-order valence-corrected chi connectivity index (χ3v) is 9.52. The van der Waals surface area contributed by atoms with Crippen molar-refractivity contribution in [2.45, 2.75) is 54.5 Å². The summed E-state index contributed by atoms with van der Waals surface area (Å²) in [5.74, 6) is 1.38. The first-order chi connectivity index (χ1) is 25.5. The molecule has 11 heteroatoms. The average Bonchev–Trinajstić information content (AvgIpc) is 3.18. The van der Waals surface area contributed by atoms with E-state index in [0.29, 0.717) is 6.61 Å². The number of rotatable bonds is 15. The lowest BCUT2D eigenvalue weighted by Crippen LogP contribution is -2.58. The maximum atomic E-state index is 14.3. The Hall–Kier alpha value is -4.78. The fourth-order valence-electron chi connectivity index (χ4n) is 5.75. The summed E-state index contributed by atoms with van der Waals surface area (Å²) in [5.41, 5.74) is 2.10. The molecule has 0 spiro atoms. The van der Waals surface area contributed by atoms with E-state index in [1.807, 2.05) is 121 Å². The van der Waals surface area contributed by atoms with E-state index in [2.05, 4.69) is 5.10 Å². The van der Waals surface area contributed by atoms with Gasteiger partial charge in [-0.05, 0) is 41.0 Å². The topological polar surface area (TPSA) is 87.7 Å². The number of benzene rings is 5. The van der Waals surface area contributed by atoms with Crippen LogP contribution in [0.5, 0.6) is 0 Å². The van der Waals surface area contributed by atoms with E-state index >= 15 is 0 Å². The van der Waals surface area contributed by atoms with Gasteiger partial charge in [0.15, 0.2) is 17.5 Å². The number of hydrogen-bond acceptors (Lipinski definition) is 8. The van der Waals surface area contributed by atoms with Crippen LogP contribution in [0.15, 0.2) is 148 Å². The number of hydrazone groups is 1. The van der Waals surface area contributed by atoms with Gasteiger partial charge in [-0.3, -0.25) is 4.99 Å². The number of nitrogens with zero attached hydrogens (tertiary/aromatic N) is 2. The SMILES string of the molecule is NN=C(C=NC1C(OCc2ccccc2)C(Sc2ccccc2)OC(COCc2ccccc2)[C@@H]1OCc1ccccc1)c1cc(F)c(F)c(F)c1. The largest absolute Gasteiger partial charge is 0.374 e. The van der Waals surface area contributed by atoms with Crippen molar-refractivity contribution in [3.8, 4) is 0 Å². The first-order valence-corrected chi connectivity index (χ1v) is 17.6. The Balaban J connectivity index is 1.39. The highest BCUT2D eigenvalue weighted by Gasteiger charge is 2.48. The Morgan fingerprint density at radius 2 is 1.19 bits per heavy atom. The predicted molar refractivity (Wildman–Crippen MR) is 196 cm³/mol. The maximum absolute atomic E-state index is 14.3. The van der Waals surface area contributed by atoms with Gasteiger partial charge in [0.2, 0.25) is 0 Å². The highest BCUT2D eigenvalue weighted by atomic mass is 32.2. The molecule has 5 aromatic carbocycles. The highest BCUT2D eigenvalue weighted by Crippen LogP contribution is 2.38. The van der Waals surface area contributed by atoms with Gasteiger partial charge in [-0.15, -0.1) is 0 Å². The van der Waals surface area contributed by atoms with Crippen LogP contribution in [0.4, 0.5) is 13.2 Å². The first kappa shape index (κ1) is 37.0. The van der Waals surface area contributed by atoms with Crippen molar-refractivity contribution in [3.05, 3.63) is 173 Å². The summed E-state index contributed by atoms with van der Waals surface area (Å²) in [5, 5.41) is 3.75. The van der Waals surface area contributed by atoms with Crippen LogP contribution < -0.4 is 5.84 Å². The van der Waals surface area contributed by atoms with Crippen LogP contribution in [-0.4, -0.2) is 48.3 Å². The van der Waals surface area contributed by atoms with E-state index in [9.17, 15) is 13.2 Å². The number of ether oxygens (including phenoxy) is 4. The standard InChI is InChI=1S/C41H38F3N3O4S/c42-33-21-31(22-34(43)37(33)44)35(47-45)23-46-38-39(49-25-29-15-7-2-8-16-29)36(27-48-24-28-13-5-1-6-14-28)51-41(52-32-19-11-4-12-20-32)40(38)50-26-30-17-9-3-10-18-30/h1-23,36,38-41H,24-27,45H2/t36?,38?,39-,40?,41?/m0/s1. The van der Waals surface area contributed by atoms with E-state index in [-0.39, 0.29) is 31.1 Å². The summed E-state index contributed by atoms with van der Waals surface area (Å²) in [6.07, 6.45) is -0.771. The maximum Gasteiger partial charge on any atom is 0.194 e. The summed E-state index contributed by atoms with van der Waals surface area (Å²) < 4.78 is 68.9. The molecule has 7 nitrogen and oxygen atoms in total. The van der Waals surface area contributed by atoms with E-state index in [1.54, 1.807) is 0 Å². The van der Waals surface area contributed by atoms with Gasteiger partial charge in [-0.2, -0.15) is 5.10 Å². The van der Waals surface area contributed by atoms with Crippen LogP contribution >= 0.6 is 11.8 Å². The molecule has 0 bridgehead atoms.